The lowest BCUT2D eigenvalue weighted by Crippen LogP contribution is -2.28. The monoisotopic (exact) mass is 247 g/mol. The Morgan fingerprint density at radius 3 is 2.78 bits per heavy atom. The largest absolute Gasteiger partial charge is 0.466 e. The molecule has 3 nitrogen and oxygen atoms in total. The molecule has 1 aromatic rings. The van der Waals surface area contributed by atoms with Crippen molar-refractivity contribution >= 4 is 5.91 Å². The second-order valence-electron chi connectivity index (χ2n) is 5.86. The average Bonchev–Trinajstić information content (AvgIpc) is 3.27. The molecule has 3 rings (SSSR count). The molecule has 0 N–H and O–H groups in total. The number of amides is 1. The minimum atomic E-state index is 0.246. The summed E-state index contributed by atoms with van der Waals surface area (Å²) in [6.45, 7) is 2.25. The van der Waals surface area contributed by atoms with Gasteiger partial charge in [-0.15, -0.1) is 0 Å². The molecule has 0 spiro atoms. The number of carbonyl (C=O) groups excluding carboxylic acids is 1. The third-order valence-corrected chi connectivity index (χ3v) is 4.23. The van der Waals surface area contributed by atoms with Gasteiger partial charge in [0.05, 0.1) is 0 Å². The van der Waals surface area contributed by atoms with Gasteiger partial charge in [-0.25, -0.2) is 0 Å². The summed E-state index contributed by atoms with van der Waals surface area (Å²) in [7, 11) is 1.92. The standard InChI is InChI=1S/C15H21NO2/c1-10-9-13(10)14-7-5-12(18-14)6-8-15(17)16(2)11-3-4-11/h5,7,10-11,13H,3-4,6,8-9H2,1-2H3/t10-,13-/m1/s1. The van der Waals surface area contributed by atoms with Crippen LogP contribution in [0.25, 0.3) is 0 Å². The van der Waals surface area contributed by atoms with Crippen LogP contribution in [-0.2, 0) is 11.2 Å². The highest BCUT2D eigenvalue weighted by atomic mass is 16.3. The van der Waals surface area contributed by atoms with E-state index in [4.69, 9.17) is 4.42 Å². The molecule has 1 aromatic heterocycles. The van der Waals surface area contributed by atoms with Gasteiger partial charge >= 0.3 is 0 Å². The SMILES string of the molecule is C[C@@H]1C[C@H]1c1ccc(CCC(=O)N(C)C2CC2)o1. The Morgan fingerprint density at radius 2 is 2.17 bits per heavy atom. The molecule has 18 heavy (non-hydrogen) atoms. The van der Waals surface area contributed by atoms with E-state index in [1.807, 2.05) is 18.0 Å². The zero-order valence-corrected chi connectivity index (χ0v) is 11.2. The van der Waals surface area contributed by atoms with Gasteiger partial charge in [-0.3, -0.25) is 4.79 Å². The molecule has 0 bridgehead atoms. The first kappa shape index (κ1) is 11.8. The molecule has 2 atom stereocenters. The molecule has 2 aliphatic rings. The van der Waals surface area contributed by atoms with Gasteiger partial charge in [0, 0.05) is 31.8 Å². The Morgan fingerprint density at radius 1 is 1.44 bits per heavy atom. The third kappa shape index (κ3) is 2.45. The maximum Gasteiger partial charge on any atom is 0.223 e. The molecule has 2 fully saturated rings. The van der Waals surface area contributed by atoms with Crippen molar-refractivity contribution in [3.63, 3.8) is 0 Å². The minimum Gasteiger partial charge on any atom is -0.466 e. The van der Waals surface area contributed by atoms with Gasteiger partial charge in [-0.05, 0) is 37.3 Å². The molecular formula is C15H21NO2. The molecule has 0 unspecified atom stereocenters. The Bertz CT molecular complexity index is 447. The van der Waals surface area contributed by atoms with Crippen molar-refractivity contribution < 1.29 is 9.21 Å². The lowest BCUT2D eigenvalue weighted by Gasteiger charge is -2.15. The summed E-state index contributed by atoms with van der Waals surface area (Å²) < 4.78 is 5.81. The zero-order chi connectivity index (χ0) is 12.7. The second-order valence-corrected chi connectivity index (χ2v) is 5.86. The van der Waals surface area contributed by atoms with E-state index in [9.17, 15) is 4.79 Å². The van der Waals surface area contributed by atoms with Gasteiger partial charge in [-0.2, -0.15) is 0 Å². The van der Waals surface area contributed by atoms with E-state index in [-0.39, 0.29) is 5.91 Å². The fourth-order valence-corrected chi connectivity index (χ4v) is 2.52. The normalized spacial score (nSPS) is 26.1. The topological polar surface area (TPSA) is 33.5 Å². The van der Waals surface area contributed by atoms with Gasteiger partial charge in [0.2, 0.25) is 5.91 Å². The maximum atomic E-state index is 11.9. The van der Waals surface area contributed by atoms with E-state index in [1.165, 1.54) is 19.3 Å². The van der Waals surface area contributed by atoms with Crippen LogP contribution < -0.4 is 0 Å². The van der Waals surface area contributed by atoms with Crippen LogP contribution in [0.3, 0.4) is 0 Å². The number of carbonyl (C=O) groups is 1. The number of furan rings is 1. The van der Waals surface area contributed by atoms with Gasteiger partial charge < -0.3 is 9.32 Å². The summed E-state index contributed by atoms with van der Waals surface area (Å²) in [6.07, 6.45) is 4.90. The molecule has 1 amide bonds. The molecule has 2 saturated carbocycles. The highest BCUT2D eigenvalue weighted by Crippen LogP contribution is 2.47. The number of hydrogen-bond donors (Lipinski definition) is 0. The molecule has 1 heterocycles. The van der Waals surface area contributed by atoms with E-state index in [0.29, 0.717) is 18.4 Å². The maximum absolute atomic E-state index is 11.9. The minimum absolute atomic E-state index is 0.246. The Labute approximate surface area is 108 Å². The lowest BCUT2D eigenvalue weighted by atomic mass is 10.2. The van der Waals surface area contributed by atoms with Crippen LogP contribution in [0.1, 0.15) is 50.0 Å². The summed E-state index contributed by atoms with van der Waals surface area (Å²) in [5.41, 5.74) is 0. The van der Waals surface area contributed by atoms with Crippen LogP contribution in [0.15, 0.2) is 16.5 Å². The molecule has 0 radical (unpaired) electrons. The Balaban J connectivity index is 1.50. The molecule has 0 saturated heterocycles. The number of rotatable bonds is 5. The Hall–Kier alpha value is -1.25. The Kier molecular flexibility index (Phi) is 2.92. The quantitative estimate of drug-likeness (QED) is 0.801. The van der Waals surface area contributed by atoms with Crippen LogP contribution in [-0.4, -0.2) is 23.9 Å². The van der Waals surface area contributed by atoms with Crippen LogP contribution in [0.2, 0.25) is 0 Å². The van der Waals surface area contributed by atoms with Crippen molar-refractivity contribution in [2.45, 2.75) is 51.0 Å². The fraction of sp³-hybridized carbons (Fsp3) is 0.667. The number of aryl methyl sites for hydroxylation is 1. The second kappa shape index (κ2) is 4.45. The van der Waals surface area contributed by atoms with E-state index in [1.54, 1.807) is 0 Å². The third-order valence-electron chi connectivity index (χ3n) is 4.23. The fourth-order valence-electron chi connectivity index (χ4n) is 2.52. The van der Waals surface area contributed by atoms with Gasteiger partial charge in [0.1, 0.15) is 11.5 Å². The summed E-state index contributed by atoms with van der Waals surface area (Å²) in [5.74, 6) is 3.72. The summed E-state index contributed by atoms with van der Waals surface area (Å²) >= 11 is 0. The number of hydrogen-bond acceptors (Lipinski definition) is 2. The van der Waals surface area contributed by atoms with Crippen molar-refractivity contribution in [3.05, 3.63) is 23.7 Å². The molecule has 0 aliphatic heterocycles. The molecule has 0 aromatic carbocycles. The van der Waals surface area contributed by atoms with Crippen molar-refractivity contribution in [3.8, 4) is 0 Å². The van der Waals surface area contributed by atoms with E-state index >= 15 is 0 Å². The number of nitrogens with zero attached hydrogens (tertiary/aromatic N) is 1. The average molecular weight is 247 g/mol. The zero-order valence-electron chi connectivity index (χ0n) is 11.2. The molecule has 2 aliphatic carbocycles. The van der Waals surface area contributed by atoms with E-state index < -0.39 is 0 Å². The van der Waals surface area contributed by atoms with Crippen molar-refractivity contribution in [1.82, 2.24) is 4.90 Å². The molecule has 98 valence electrons. The molecular weight excluding hydrogens is 226 g/mol. The first-order valence-corrected chi connectivity index (χ1v) is 6.99. The first-order chi connectivity index (χ1) is 8.65. The predicted molar refractivity (Wildman–Crippen MR) is 69.3 cm³/mol. The van der Waals surface area contributed by atoms with Crippen LogP contribution in [0, 0.1) is 5.92 Å². The van der Waals surface area contributed by atoms with Crippen LogP contribution >= 0.6 is 0 Å². The highest BCUT2D eigenvalue weighted by Gasteiger charge is 2.36. The van der Waals surface area contributed by atoms with Gasteiger partial charge in [-0.1, -0.05) is 6.92 Å². The van der Waals surface area contributed by atoms with Crippen LogP contribution in [0.4, 0.5) is 0 Å². The van der Waals surface area contributed by atoms with Crippen LogP contribution in [0.5, 0.6) is 0 Å². The van der Waals surface area contributed by atoms with E-state index in [0.717, 1.165) is 23.9 Å². The smallest absolute Gasteiger partial charge is 0.223 e. The van der Waals surface area contributed by atoms with Gasteiger partial charge in [0.25, 0.3) is 0 Å². The van der Waals surface area contributed by atoms with Gasteiger partial charge in [0.15, 0.2) is 0 Å². The summed E-state index contributed by atoms with van der Waals surface area (Å²) in [5, 5.41) is 0. The van der Waals surface area contributed by atoms with E-state index in [2.05, 4.69) is 13.0 Å². The summed E-state index contributed by atoms with van der Waals surface area (Å²) in [4.78, 5) is 13.8. The summed E-state index contributed by atoms with van der Waals surface area (Å²) in [6, 6.07) is 4.63. The first-order valence-electron chi connectivity index (χ1n) is 6.99. The van der Waals surface area contributed by atoms with Crippen molar-refractivity contribution in [2.24, 2.45) is 5.92 Å². The predicted octanol–water partition coefficient (Wildman–Crippen LogP) is 2.96. The highest BCUT2D eigenvalue weighted by molar-refractivity contribution is 5.76. The van der Waals surface area contributed by atoms with Crippen molar-refractivity contribution in [2.75, 3.05) is 7.05 Å². The lowest BCUT2D eigenvalue weighted by molar-refractivity contribution is -0.130. The molecule has 3 heteroatoms. The van der Waals surface area contributed by atoms with Crippen molar-refractivity contribution in [1.29, 1.82) is 0 Å².